The molecule has 0 fully saturated rings. The van der Waals surface area contributed by atoms with Crippen LogP contribution in [-0.4, -0.2) is 4.92 Å². The number of fused-ring (bicyclic) bond motifs is 1. The van der Waals surface area contributed by atoms with Crippen LogP contribution in [0.5, 0.6) is 0 Å². The molecule has 2 rings (SSSR count). The minimum atomic E-state index is -0.417. The summed E-state index contributed by atoms with van der Waals surface area (Å²) in [5.74, 6) is -0.0594. The SMILES string of the molecule is N#CC1Cc2cc([N+](=O)[O-])ccc21. The van der Waals surface area contributed by atoms with Gasteiger partial charge in [-0.05, 0) is 17.5 Å². The minimum absolute atomic E-state index is 0.0594. The van der Waals surface area contributed by atoms with Crippen LogP contribution in [0.15, 0.2) is 18.2 Å². The van der Waals surface area contributed by atoms with Gasteiger partial charge in [0.25, 0.3) is 5.69 Å². The van der Waals surface area contributed by atoms with E-state index in [0.29, 0.717) is 6.42 Å². The zero-order chi connectivity index (χ0) is 9.42. The Balaban J connectivity index is 2.39. The third kappa shape index (κ3) is 1.05. The normalized spacial score (nSPS) is 18.2. The van der Waals surface area contributed by atoms with Crippen LogP contribution in [0.25, 0.3) is 0 Å². The van der Waals surface area contributed by atoms with Gasteiger partial charge in [-0.1, -0.05) is 6.07 Å². The van der Waals surface area contributed by atoms with E-state index in [4.69, 9.17) is 5.26 Å². The molecule has 64 valence electrons. The Morgan fingerprint density at radius 2 is 2.38 bits per heavy atom. The molecule has 0 amide bonds. The lowest BCUT2D eigenvalue weighted by atomic mass is 9.78. The predicted octanol–water partition coefficient (Wildman–Crippen LogP) is 1.76. The molecule has 0 radical (unpaired) electrons. The number of non-ortho nitro benzene ring substituents is 1. The van der Waals surface area contributed by atoms with Gasteiger partial charge >= 0.3 is 0 Å². The van der Waals surface area contributed by atoms with E-state index in [9.17, 15) is 10.1 Å². The maximum atomic E-state index is 10.4. The number of nitriles is 1. The van der Waals surface area contributed by atoms with E-state index < -0.39 is 4.92 Å². The second-order valence-electron chi connectivity index (χ2n) is 3.03. The highest BCUT2D eigenvalue weighted by Crippen LogP contribution is 2.36. The van der Waals surface area contributed by atoms with Crippen molar-refractivity contribution in [3.8, 4) is 6.07 Å². The average molecular weight is 174 g/mol. The number of benzene rings is 1. The maximum absolute atomic E-state index is 10.4. The van der Waals surface area contributed by atoms with Crippen LogP contribution in [0.1, 0.15) is 17.0 Å². The second-order valence-corrected chi connectivity index (χ2v) is 3.03. The standard InChI is InChI=1S/C9H6N2O2/c10-5-7-3-6-4-8(11(12)13)1-2-9(6)7/h1-2,4,7H,3H2. The highest BCUT2D eigenvalue weighted by molar-refractivity contribution is 5.50. The smallest absolute Gasteiger partial charge is 0.258 e. The number of nitro benzene ring substituents is 1. The van der Waals surface area contributed by atoms with Crippen molar-refractivity contribution in [2.45, 2.75) is 12.3 Å². The van der Waals surface area contributed by atoms with E-state index >= 15 is 0 Å². The molecule has 1 atom stereocenters. The van der Waals surface area contributed by atoms with Crippen LogP contribution in [0.4, 0.5) is 5.69 Å². The van der Waals surface area contributed by atoms with Crippen molar-refractivity contribution in [3.05, 3.63) is 39.4 Å². The Morgan fingerprint density at radius 3 is 2.92 bits per heavy atom. The summed E-state index contributed by atoms with van der Waals surface area (Å²) in [5, 5.41) is 19.0. The number of nitro groups is 1. The molecular weight excluding hydrogens is 168 g/mol. The molecular formula is C9H6N2O2. The topological polar surface area (TPSA) is 66.9 Å². The van der Waals surface area contributed by atoms with Gasteiger partial charge in [0.1, 0.15) is 0 Å². The summed E-state index contributed by atoms with van der Waals surface area (Å²) < 4.78 is 0. The molecule has 0 heterocycles. The summed E-state index contributed by atoms with van der Waals surface area (Å²) in [7, 11) is 0. The van der Waals surface area contributed by atoms with Gasteiger partial charge in [0.15, 0.2) is 0 Å². The first-order valence-corrected chi connectivity index (χ1v) is 3.89. The number of nitrogens with zero attached hydrogens (tertiary/aromatic N) is 2. The van der Waals surface area contributed by atoms with Crippen molar-refractivity contribution in [2.75, 3.05) is 0 Å². The Hall–Kier alpha value is -1.89. The van der Waals surface area contributed by atoms with Crippen molar-refractivity contribution in [2.24, 2.45) is 0 Å². The van der Waals surface area contributed by atoms with Gasteiger partial charge in [0, 0.05) is 12.1 Å². The van der Waals surface area contributed by atoms with Gasteiger partial charge in [-0.3, -0.25) is 10.1 Å². The van der Waals surface area contributed by atoms with E-state index in [1.165, 1.54) is 6.07 Å². The molecule has 1 aliphatic carbocycles. The van der Waals surface area contributed by atoms with Crippen LogP contribution in [0.3, 0.4) is 0 Å². The average Bonchev–Trinajstić information content (AvgIpc) is 2.07. The van der Waals surface area contributed by atoms with E-state index in [0.717, 1.165) is 11.1 Å². The fraction of sp³-hybridized carbons (Fsp3) is 0.222. The molecule has 0 bridgehead atoms. The Morgan fingerprint density at radius 1 is 1.62 bits per heavy atom. The highest BCUT2D eigenvalue weighted by Gasteiger charge is 2.27. The Kier molecular flexibility index (Phi) is 1.52. The molecule has 0 saturated carbocycles. The number of hydrogen-bond donors (Lipinski definition) is 0. The van der Waals surface area contributed by atoms with Gasteiger partial charge in [-0.2, -0.15) is 5.26 Å². The maximum Gasteiger partial charge on any atom is 0.269 e. The summed E-state index contributed by atoms with van der Waals surface area (Å²) in [6.45, 7) is 0. The molecule has 0 aliphatic heterocycles. The van der Waals surface area contributed by atoms with E-state index in [1.54, 1.807) is 12.1 Å². The lowest BCUT2D eigenvalue weighted by Gasteiger charge is -2.23. The molecule has 1 aliphatic rings. The summed E-state index contributed by atoms with van der Waals surface area (Å²) in [5.41, 5.74) is 1.98. The van der Waals surface area contributed by atoms with Crippen molar-refractivity contribution in [1.82, 2.24) is 0 Å². The van der Waals surface area contributed by atoms with Crippen LogP contribution >= 0.6 is 0 Å². The zero-order valence-corrected chi connectivity index (χ0v) is 6.73. The first kappa shape index (κ1) is 7.74. The first-order chi connectivity index (χ1) is 6.22. The van der Waals surface area contributed by atoms with Crippen LogP contribution < -0.4 is 0 Å². The van der Waals surface area contributed by atoms with E-state index in [-0.39, 0.29) is 11.6 Å². The van der Waals surface area contributed by atoms with Crippen molar-refractivity contribution >= 4 is 5.69 Å². The minimum Gasteiger partial charge on any atom is -0.258 e. The van der Waals surface area contributed by atoms with Crippen LogP contribution in [-0.2, 0) is 6.42 Å². The highest BCUT2D eigenvalue weighted by atomic mass is 16.6. The van der Waals surface area contributed by atoms with Crippen molar-refractivity contribution in [1.29, 1.82) is 5.26 Å². The summed E-state index contributed by atoms with van der Waals surface area (Å²) in [6.07, 6.45) is 0.646. The Labute approximate surface area is 74.6 Å². The summed E-state index contributed by atoms with van der Waals surface area (Å²) in [4.78, 5) is 9.96. The molecule has 0 aromatic heterocycles. The van der Waals surface area contributed by atoms with Crippen LogP contribution in [0, 0.1) is 21.4 Å². The number of hydrogen-bond acceptors (Lipinski definition) is 3. The first-order valence-electron chi connectivity index (χ1n) is 3.89. The lowest BCUT2D eigenvalue weighted by molar-refractivity contribution is -0.385. The summed E-state index contributed by atoms with van der Waals surface area (Å²) in [6, 6.07) is 6.80. The summed E-state index contributed by atoms with van der Waals surface area (Å²) >= 11 is 0. The molecule has 0 saturated heterocycles. The quantitative estimate of drug-likeness (QED) is 0.481. The molecule has 1 unspecified atom stereocenters. The van der Waals surface area contributed by atoms with Gasteiger partial charge in [-0.25, -0.2) is 0 Å². The van der Waals surface area contributed by atoms with E-state index in [1.807, 2.05) is 0 Å². The molecule has 0 N–H and O–H groups in total. The molecule has 13 heavy (non-hydrogen) atoms. The zero-order valence-electron chi connectivity index (χ0n) is 6.73. The predicted molar refractivity (Wildman–Crippen MR) is 45.2 cm³/mol. The molecule has 4 nitrogen and oxygen atoms in total. The molecule has 0 spiro atoms. The monoisotopic (exact) mass is 174 g/mol. The largest absolute Gasteiger partial charge is 0.269 e. The van der Waals surface area contributed by atoms with Gasteiger partial charge in [0.2, 0.25) is 0 Å². The second kappa shape index (κ2) is 2.56. The van der Waals surface area contributed by atoms with Gasteiger partial charge in [-0.15, -0.1) is 0 Å². The molecule has 4 heteroatoms. The Bertz CT molecular complexity index is 420. The van der Waals surface area contributed by atoms with Gasteiger partial charge < -0.3 is 0 Å². The third-order valence-corrected chi connectivity index (χ3v) is 2.29. The third-order valence-electron chi connectivity index (χ3n) is 2.29. The fourth-order valence-electron chi connectivity index (χ4n) is 1.54. The van der Waals surface area contributed by atoms with E-state index in [2.05, 4.69) is 6.07 Å². The van der Waals surface area contributed by atoms with Crippen molar-refractivity contribution in [3.63, 3.8) is 0 Å². The number of rotatable bonds is 1. The lowest BCUT2D eigenvalue weighted by Crippen LogP contribution is -2.15. The van der Waals surface area contributed by atoms with Crippen molar-refractivity contribution < 1.29 is 4.92 Å². The van der Waals surface area contributed by atoms with Crippen LogP contribution in [0.2, 0.25) is 0 Å². The molecule has 1 aromatic rings. The fourth-order valence-corrected chi connectivity index (χ4v) is 1.54. The van der Waals surface area contributed by atoms with Gasteiger partial charge in [0.05, 0.1) is 16.9 Å². The molecule has 1 aromatic carbocycles.